The summed E-state index contributed by atoms with van der Waals surface area (Å²) < 4.78 is 4.90. The van der Waals surface area contributed by atoms with Crippen molar-refractivity contribution in [2.75, 3.05) is 0 Å². The lowest BCUT2D eigenvalue weighted by atomic mass is 9.99. The molecule has 8 aromatic carbocycles. The SMILES string of the molecule is c1ccc(-c2nc3c(ccc4ccccc43)nc2-n2c3cccc4c5cccc6c7ccccc7n(c7c(-c8ccccc8)ccc2c7c43)c56)cc1. The van der Waals surface area contributed by atoms with Crippen molar-refractivity contribution in [2.24, 2.45) is 0 Å². The van der Waals surface area contributed by atoms with E-state index in [0.29, 0.717) is 0 Å². The standard InChI is InChI=1S/C48H28N4/c1-3-13-29(14-4-1)33-26-28-41-43-42-35(37-22-11-21-36-34-19-9-10-23-39(34)52(46(36)37)47(33)43)20-12-24-40(42)51(41)48-44(31-16-5-2-6-17-31)50-45-32-18-8-7-15-30(32)25-27-38(45)49-48/h1-28H. The van der Waals surface area contributed by atoms with E-state index >= 15 is 0 Å². The first-order chi connectivity index (χ1) is 25.8. The first kappa shape index (κ1) is 27.7. The Morgan fingerprint density at radius 1 is 0.385 bits per heavy atom. The van der Waals surface area contributed by atoms with Crippen molar-refractivity contribution in [1.29, 1.82) is 0 Å². The molecule has 4 heterocycles. The Morgan fingerprint density at radius 2 is 1.02 bits per heavy atom. The lowest BCUT2D eigenvalue weighted by Gasteiger charge is -2.15. The summed E-state index contributed by atoms with van der Waals surface area (Å²) >= 11 is 0. The molecule has 52 heavy (non-hydrogen) atoms. The molecule has 0 N–H and O–H groups in total. The zero-order chi connectivity index (χ0) is 33.9. The van der Waals surface area contributed by atoms with Crippen molar-refractivity contribution in [3.05, 3.63) is 170 Å². The van der Waals surface area contributed by atoms with E-state index in [1.165, 1.54) is 60.0 Å². The minimum absolute atomic E-state index is 0.820. The van der Waals surface area contributed by atoms with Crippen molar-refractivity contribution in [3.63, 3.8) is 0 Å². The molecule has 0 spiro atoms. The molecule has 0 radical (unpaired) electrons. The second kappa shape index (κ2) is 10.3. The zero-order valence-electron chi connectivity index (χ0n) is 28.0. The second-order valence-corrected chi connectivity index (χ2v) is 13.7. The predicted octanol–water partition coefficient (Wildman–Crippen LogP) is 12.4. The number of aromatic nitrogens is 4. The van der Waals surface area contributed by atoms with Crippen LogP contribution in [0, 0.1) is 0 Å². The van der Waals surface area contributed by atoms with Gasteiger partial charge in [-0.05, 0) is 40.6 Å². The Balaban J connectivity index is 1.35. The van der Waals surface area contributed by atoms with Gasteiger partial charge >= 0.3 is 0 Å². The fraction of sp³-hybridized carbons (Fsp3) is 0. The molecule has 4 heteroatoms. The maximum absolute atomic E-state index is 5.54. The van der Waals surface area contributed by atoms with E-state index in [0.717, 1.165) is 49.9 Å². The van der Waals surface area contributed by atoms with E-state index in [1.54, 1.807) is 0 Å². The zero-order valence-corrected chi connectivity index (χ0v) is 28.0. The highest BCUT2D eigenvalue weighted by atomic mass is 15.1. The summed E-state index contributed by atoms with van der Waals surface area (Å²) in [5.74, 6) is 0.820. The van der Waals surface area contributed by atoms with Crippen LogP contribution in [0.15, 0.2) is 170 Å². The first-order valence-electron chi connectivity index (χ1n) is 17.8. The van der Waals surface area contributed by atoms with E-state index in [1.807, 2.05) is 0 Å². The molecule has 0 saturated carbocycles. The van der Waals surface area contributed by atoms with Crippen LogP contribution in [0.25, 0.3) is 110 Å². The Bertz CT molecular complexity index is 3390. The third-order valence-electron chi connectivity index (χ3n) is 11.0. The van der Waals surface area contributed by atoms with Gasteiger partial charge in [0, 0.05) is 43.4 Å². The highest BCUT2D eigenvalue weighted by Crippen LogP contribution is 2.47. The van der Waals surface area contributed by atoms with Crippen LogP contribution < -0.4 is 0 Å². The molecule has 0 aliphatic heterocycles. The summed E-state index contributed by atoms with van der Waals surface area (Å²) in [4.78, 5) is 11.0. The molecule has 0 unspecified atom stereocenters. The average Bonchev–Trinajstić information content (AvgIpc) is 3.69. The van der Waals surface area contributed by atoms with E-state index in [-0.39, 0.29) is 0 Å². The summed E-state index contributed by atoms with van der Waals surface area (Å²) in [5.41, 5.74) is 11.9. The van der Waals surface area contributed by atoms with Crippen LogP contribution in [-0.4, -0.2) is 18.9 Å². The first-order valence-corrected chi connectivity index (χ1v) is 17.8. The van der Waals surface area contributed by atoms with Crippen molar-refractivity contribution < 1.29 is 0 Å². The summed E-state index contributed by atoms with van der Waals surface area (Å²) in [7, 11) is 0. The highest BCUT2D eigenvalue weighted by molar-refractivity contribution is 6.32. The minimum atomic E-state index is 0.820. The molecule has 4 aromatic heterocycles. The fourth-order valence-electron chi connectivity index (χ4n) is 8.86. The largest absolute Gasteiger partial charge is 0.307 e. The molecule has 0 fully saturated rings. The fourth-order valence-corrected chi connectivity index (χ4v) is 8.86. The molecule has 0 atom stereocenters. The van der Waals surface area contributed by atoms with Gasteiger partial charge < -0.3 is 4.40 Å². The number of hydrogen-bond acceptors (Lipinski definition) is 2. The molecular weight excluding hydrogens is 633 g/mol. The van der Waals surface area contributed by atoms with Gasteiger partial charge in [0.15, 0.2) is 5.82 Å². The molecule has 12 aromatic rings. The highest BCUT2D eigenvalue weighted by Gasteiger charge is 2.26. The van der Waals surface area contributed by atoms with E-state index < -0.39 is 0 Å². The van der Waals surface area contributed by atoms with Crippen LogP contribution in [0.2, 0.25) is 0 Å². The quantitative estimate of drug-likeness (QED) is 0.177. The van der Waals surface area contributed by atoms with Crippen LogP contribution in [0.5, 0.6) is 0 Å². The number of nitrogens with zero attached hydrogens (tertiary/aromatic N) is 4. The number of fused-ring (bicyclic) bond motifs is 8. The summed E-state index contributed by atoms with van der Waals surface area (Å²) in [6.07, 6.45) is 0. The molecule has 0 aliphatic carbocycles. The van der Waals surface area contributed by atoms with Gasteiger partial charge in [-0.25, -0.2) is 9.97 Å². The molecule has 0 saturated heterocycles. The topological polar surface area (TPSA) is 35.1 Å². The van der Waals surface area contributed by atoms with Crippen LogP contribution in [0.4, 0.5) is 0 Å². The maximum Gasteiger partial charge on any atom is 0.165 e. The minimum Gasteiger partial charge on any atom is -0.307 e. The van der Waals surface area contributed by atoms with Gasteiger partial charge in [-0.3, -0.25) is 4.57 Å². The van der Waals surface area contributed by atoms with Crippen LogP contribution in [0.1, 0.15) is 0 Å². The number of para-hydroxylation sites is 2. The maximum atomic E-state index is 5.54. The van der Waals surface area contributed by atoms with Crippen molar-refractivity contribution >= 4 is 81.7 Å². The van der Waals surface area contributed by atoms with Crippen LogP contribution in [-0.2, 0) is 0 Å². The van der Waals surface area contributed by atoms with Crippen molar-refractivity contribution in [1.82, 2.24) is 18.9 Å². The predicted molar refractivity (Wildman–Crippen MR) is 217 cm³/mol. The molecule has 0 amide bonds. The molecule has 0 aliphatic rings. The second-order valence-electron chi connectivity index (χ2n) is 13.7. The third kappa shape index (κ3) is 3.60. The Hall–Kier alpha value is -7.04. The smallest absolute Gasteiger partial charge is 0.165 e. The van der Waals surface area contributed by atoms with E-state index in [4.69, 9.17) is 9.97 Å². The van der Waals surface area contributed by atoms with Gasteiger partial charge in [0.1, 0.15) is 5.69 Å². The van der Waals surface area contributed by atoms with Crippen LogP contribution >= 0.6 is 0 Å². The summed E-state index contributed by atoms with van der Waals surface area (Å²) in [6.45, 7) is 0. The van der Waals surface area contributed by atoms with Gasteiger partial charge in [0.25, 0.3) is 0 Å². The summed E-state index contributed by atoms with van der Waals surface area (Å²) in [5, 5.41) is 9.67. The number of hydrogen-bond donors (Lipinski definition) is 0. The van der Waals surface area contributed by atoms with Crippen molar-refractivity contribution in [2.45, 2.75) is 0 Å². The number of benzene rings is 8. The Morgan fingerprint density at radius 3 is 1.87 bits per heavy atom. The van der Waals surface area contributed by atoms with Crippen LogP contribution in [0.3, 0.4) is 0 Å². The Kier molecular flexibility index (Phi) is 5.47. The molecular formula is C48H28N4. The van der Waals surface area contributed by atoms with E-state index in [2.05, 4.69) is 179 Å². The lowest BCUT2D eigenvalue weighted by Crippen LogP contribution is -2.04. The van der Waals surface area contributed by atoms with Crippen molar-refractivity contribution in [3.8, 4) is 28.2 Å². The third-order valence-corrected chi connectivity index (χ3v) is 11.0. The molecule has 12 rings (SSSR count). The monoisotopic (exact) mass is 660 g/mol. The molecule has 240 valence electrons. The normalized spacial score (nSPS) is 12.2. The lowest BCUT2D eigenvalue weighted by molar-refractivity contribution is 1.08. The van der Waals surface area contributed by atoms with Gasteiger partial charge in [0.05, 0.1) is 38.6 Å². The Labute approximate surface area is 297 Å². The number of rotatable bonds is 3. The van der Waals surface area contributed by atoms with Gasteiger partial charge in [-0.2, -0.15) is 0 Å². The van der Waals surface area contributed by atoms with Gasteiger partial charge in [0.2, 0.25) is 0 Å². The van der Waals surface area contributed by atoms with E-state index in [9.17, 15) is 0 Å². The van der Waals surface area contributed by atoms with Gasteiger partial charge in [-0.1, -0.05) is 146 Å². The average molecular weight is 661 g/mol. The summed E-state index contributed by atoms with van der Waals surface area (Å²) in [6, 6.07) is 61.0. The van der Waals surface area contributed by atoms with Gasteiger partial charge in [-0.15, -0.1) is 0 Å². The molecule has 4 nitrogen and oxygen atoms in total. The molecule has 0 bridgehead atoms.